The molecule has 0 saturated heterocycles. The monoisotopic (exact) mass is 265 g/mol. The van der Waals surface area contributed by atoms with Gasteiger partial charge in [-0.3, -0.25) is 4.79 Å². The number of hydrogen-bond acceptors (Lipinski definition) is 5. The zero-order valence-electron chi connectivity index (χ0n) is 9.86. The molecule has 2 rings (SSSR count). The molecule has 0 unspecified atom stereocenters. The van der Waals surface area contributed by atoms with Gasteiger partial charge in [-0.2, -0.15) is 0 Å². The van der Waals surface area contributed by atoms with Gasteiger partial charge in [0.15, 0.2) is 0 Å². The maximum Gasteiger partial charge on any atom is 0.246 e. The Morgan fingerprint density at radius 3 is 2.33 bits per heavy atom. The molecule has 0 aliphatic carbocycles. The maximum absolute atomic E-state index is 12.0. The van der Waals surface area contributed by atoms with Crippen LogP contribution >= 0.6 is 0 Å². The molecule has 0 fully saturated rings. The van der Waals surface area contributed by atoms with Crippen molar-refractivity contribution in [2.24, 2.45) is 7.05 Å². The van der Waals surface area contributed by atoms with Gasteiger partial charge in [0.1, 0.15) is 0 Å². The summed E-state index contributed by atoms with van der Waals surface area (Å²) in [4.78, 5) is 19.4. The van der Waals surface area contributed by atoms with Crippen molar-refractivity contribution in [2.45, 2.75) is 5.16 Å². The van der Waals surface area contributed by atoms with Crippen LogP contribution in [0, 0.1) is 0 Å². The first-order valence-corrected chi connectivity index (χ1v) is 6.97. The summed E-state index contributed by atoms with van der Waals surface area (Å²) in [6.45, 7) is 0. The van der Waals surface area contributed by atoms with Crippen molar-refractivity contribution in [3.8, 4) is 0 Å². The van der Waals surface area contributed by atoms with Gasteiger partial charge in [-0.1, -0.05) is 0 Å². The molecule has 94 valence electrons. The minimum atomic E-state index is -3.45. The number of rotatable bonds is 3. The Labute approximate surface area is 104 Å². The van der Waals surface area contributed by atoms with Crippen molar-refractivity contribution in [3.63, 3.8) is 0 Å². The standard InChI is InChI=1S/C11H11N3O3S/c1-14-5-3-4-9(14)10(15)8-6-12-11(13-7-8)18(2,16)17/h3-7H,1-2H3. The lowest BCUT2D eigenvalue weighted by molar-refractivity contribution is 0.103. The molecule has 0 saturated carbocycles. The zero-order valence-corrected chi connectivity index (χ0v) is 10.7. The smallest absolute Gasteiger partial charge is 0.246 e. The summed E-state index contributed by atoms with van der Waals surface area (Å²) in [6.07, 6.45) is 5.21. The van der Waals surface area contributed by atoms with E-state index >= 15 is 0 Å². The second kappa shape index (κ2) is 4.34. The molecule has 2 aromatic heterocycles. The number of carbonyl (C=O) groups is 1. The van der Waals surface area contributed by atoms with Gasteiger partial charge in [0.2, 0.25) is 20.8 Å². The molecule has 0 N–H and O–H groups in total. The van der Waals surface area contributed by atoms with Gasteiger partial charge in [0, 0.05) is 31.9 Å². The highest BCUT2D eigenvalue weighted by atomic mass is 32.2. The number of ketones is 1. The van der Waals surface area contributed by atoms with Crippen LogP contribution in [0.1, 0.15) is 16.1 Å². The fourth-order valence-electron chi connectivity index (χ4n) is 1.47. The summed E-state index contributed by atoms with van der Waals surface area (Å²) in [5.41, 5.74) is 0.745. The average Bonchev–Trinajstić information content (AvgIpc) is 2.73. The Morgan fingerprint density at radius 2 is 1.89 bits per heavy atom. The first kappa shape index (κ1) is 12.4. The minimum absolute atomic E-state index is 0.248. The van der Waals surface area contributed by atoms with Crippen molar-refractivity contribution in [1.82, 2.24) is 14.5 Å². The molecule has 0 spiro atoms. The summed E-state index contributed by atoms with van der Waals surface area (Å²) in [6, 6.07) is 3.42. The highest BCUT2D eigenvalue weighted by Gasteiger charge is 2.15. The van der Waals surface area contributed by atoms with Crippen LogP contribution in [-0.4, -0.2) is 35.0 Å². The van der Waals surface area contributed by atoms with Crippen LogP contribution in [0.3, 0.4) is 0 Å². The van der Waals surface area contributed by atoms with E-state index in [1.807, 2.05) is 0 Å². The van der Waals surface area contributed by atoms with Gasteiger partial charge < -0.3 is 4.57 Å². The lowest BCUT2D eigenvalue weighted by Gasteiger charge is -2.02. The van der Waals surface area contributed by atoms with E-state index in [-0.39, 0.29) is 16.5 Å². The molecular formula is C11H11N3O3S. The largest absolute Gasteiger partial charge is 0.348 e. The van der Waals surface area contributed by atoms with E-state index in [0.29, 0.717) is 5.69 Å². The fourth-order valence-corrected chi connectivity index (χ4v) is 1.96. The number of sulfone groups is 1. The van der Waals surface area contributed by atoms with Crippen molar-refractivity contribution >= 4 is 15.6 Å². The third kappa shape index (κ3) is 2.30. The fraction of sp³-hybridized carbons (Fsp3) is 0.182. The highest BCUT2D eigenvalue weighted by Crippen LogP contribution is 2.09. The second-order valence-electron chi connectivity index (χ2n) is 3.86. The minimum Gasteiger partial charge on any atom is -0.348 e. The van der Waals surface area contributed by atoms with Crippen LogP contribution in [0.4, 0.5) is 0 Å². The van der Waals surface area contributed by atoms with E-state index in [0.717, 1.165) is 6.26 Å². The van der Waals surface area contributed by atoms with Gasteiger partial charge in [0.05, 0.1) is 11.3 Å². The number of nitrogens with zero attached hydrogens (tertiary/aromatic N) is 3. The summed E-state index contributed by atoms with van der Waals surface area (Å²) in [5.74, 6) is -0.248. The second-order valence-corrected chi connectivity index (χ2v) is 5.77. The van der Waals surface area contributed by atoms with E-state index in [2.05, 4.69) is 9.97 Å². The summed E-state index contributed by atoms with van der Waals surface area (Å²) >= 11 is 0. The van der Waals surface area contributed by atoms with Crippen LogP contribution < -0.4 is 0 Å². The molecule has 0 radical (unpaired) electrons. The molecule has 2 heterocycles. The lowest BCUT2D eigenvalue weighted by atomic mass is 10.2. The SMILES string of the molecule is Cn1cccc1C(=O)c1cnc(S(C)(=O)=O)nc1. The molecule has 0 aliphatic rings. The molecule has 7 heteroatoms. The highest BCUT2D eigenvalue weighted by molar-refractivity contribution is 7.90. The maximum atomic E-state index is 12.0. The van der Waals surface area contributed by atoms with Gasteiger partial charge in [-0.15, -0.1) is 0 Å². The number of aryl methyl sites for hydroxylation is 1. The van der Waals surface area contributed by atoms with E-state index in [1.54, 1.807) is 29.9 Å². The number of hydrogen-bond donors (Lipinski definition) is 0. The molecular weight excluding hydrogens is 254 g/mol. The molecule has 2 aromatic rings. The van der Waals surface area contributed by atoms with Crippen molar-refractivity contribution in [1.29, 1.82) is 0 Å². The van der Waals surface area contributed by atoms with E-state index in [1.165, 1.54) is 12.4 Å². The van der Waals surface area contributed by atoms with E-state index in [4.69, 9.17) is 0 Å². The van der Waals surface area contributed by atoms with Crippen LogP contribution in [0.2, 0.25) is 0 Å². The molecule has 0 amide bonds. The molecule has 0 aromatic carbocycles. The lowest BCUT2D eigenvalue weighted by Crippen LogP contribution is -2.10. The number of aromatic nitrogens is 3. The molecule has 0 bridgehead atoms. The Bertz CT molecular complexity index is 687. The Hall–Kier alpha value is -2.02. The van der Waals surface area contributed by atoms with Gasteiger partial charge in [0.25, 0.3) is 0 Å². The normalized spacial score (nSPS) is 11.4. The molecule has 0 aliphatic heterocycles. The van der Waals surface area contributed by atoms with Crippen molar-refractivity contribution in [2.75, 3.05) is 6.26 Å². The van der Waals surface area contributed by atoms with Crippen LogP contribution in [0.5, 0.6) is 0 Å². The predicted molar refractivity (Wildman–Crippen MR) is 64.0 cm³/mol. The first-order chi connectivity index (χ1) is 8.39. The van der Waals surface area contributed by atoms with Crippen LogP contribution in [0.25, 0.3) is 0 Å². The predicted octanol–water partition coefficient (Wildman–Crippen LogP) is 0.450. The van der Waals surface area contributed by atoms with E-state index in [9.17, 15) is 13.2 Å². The van der Waals surface area contributed by atoms with Crippen LogP contribution in [0.15, 0.2) is 35.9 Å². The third-order valence-corrected chi connectivity index (χ3v) is 3.27. The van der Waals surface area contributed by atoms with Crippen molar-refractivity contribution in [3.05, 3.63) is 42.0 Å². The van der Waals surface area contributed by atoms with E-state index < -0.39 is 9.84 Å². The zero-order chi connectivity index (χ0) is 13.3. The third-order valence-electron chi connectivity index (χ3n) is 2.40. The molecule has 6 nitrogen and oxygen atoms in total. The Morgan fingerprint density at radius 1 is 1.28 bits per heavy atom. The van der Waals surface area contributed by atoms with Gasteiger partial charge >= 0.3 is 0 Å². The van der Waals surface area contributed by atoms with Gasteiger partial charge in [-0.25, -0.2) is 18.4 Å². The van der Waals surface area contributed by atoms with Gasteiger partial charge in [-0.05, 0) is 12.1 Å². The number of carbonyl (C=O) groups excluding carboxylic acids is 1. The summed E-state index contributed by atoms with van der Waals surface area (Å²) < 4.78 is 24.0. The summed E-state index contributed by atoms with van der Waals surface area (Å²) in [7, 11) is -1.70. The van der Waals surface area contributed by atoms with Crippen LogP contribution in [-0.2, 0) is 16.9 Å². The first-order valence-electron chi connectivity index (χ1n) is 5.08. The molecule has 18 heavy (non-hydrogen) atoms. The summed E-state index contributed by atoms with van der Waals surface area (Å²) in [5, 5.41) is -0.286. The van der Waals surface area contributed by atoms with Crippen molar-refractivity contribution < 1.29 is 13.2 Å². The topological polar surface area (TPSA) is 81.9 Å². The quantitative estimate of drug-likeness (QED) is 0.594. The Kier molecular flexibility index (Phi) is 3.00. The Balaban J connectivity index is 2.37. The molecule has 0 atom stereocenters. The average molecular weight is 265 g/mol.